The standard InChI is InChI=1S/C49H37N.C3H6.C2H6/c1-35-17-5-2-10-24-43-42(35)27-16-30-48(43)49(46-28-13-11-25-44(46)45-26-12-14-29-47(45)49)38-20-15-23-40(34-38)50(39-21-8-4-9-22-39)41-32-31-37(33-41)36-18-6-3-7-19-36;1-3-2;1-2/h2-23,25-32,34H,1,24,33H2;3H,1H2,2H3;1-2H3/b10-2-,17-5-;;. The minimum Gasteiger partial charge on any atom is -0.314 e. The first-order chi connectivity index (χ1) is 27.1. The highest BCUT2D eigenvalue weighted by molar-refractivity contribution is 5.89. The zero-order chi connectivity index (χ0) is 38.2. The molecule has 0 saturated heterocycles. The third-order valence-electron chi connectivity index (χ3n) is 10.6. The van der Waals surface area contributed by atoms with Crippen molar-refractivity contribution in [2.45, 2.75) is 39.0 Å². The monoisotopic (exact) mass is 711 g/mol. The summed E-state index contributed by atoms with van der Waals surface area (Å²) < 4.78 is 0. The van der Waals surface area contributed by atoms with Crippen LogP contribution >= 0.6 is 0 Å². The summed E-state index contributed by atoms with van der Waals surface area (Å²) in [5, 5.41) is 0. The highest BCUT2D eigenvalue weighted by Crippen LogP contribution is 2.57. The van der Waals surface area contributed by atoms with Crippen molar-refractivity contribution < 1.29 is 0 Å². The van der Waals surface area contributed by atoms with Gasteiger partial charge in [-0.2, -0.15) is 0 Å². The van der Waals surface area contributed by atoms with E-state index in [4.69, 9.17) is 0 Å². The molecule has 6 aromatic rings. The van der Waals surface area contributed by atoms with Gasteiger partial charge >= 0.3 is 0 Å². The zero-order valence-corrected chi connectivity index (χ0v) is 32.3. The van der Waals surface area contributed by atoms with Crippen molar-refractivity contribution in [2.24, 2.45) is 0 Å². The van der Waals surface area contributed by atoms with Crippen LogP contribution in [0, 0.1) is 0 Å². The van der Waals surface area contributed by atoms with E-state index in [1.54, 1.807) is 6.08 Å². The normalized spacial score (nSPS) is 15.4. The smallest absolute Gasteiger partial charge is 0.0717 e. The van der Waals surface area contributed by atoms with Gasteiger partial charge in [-0.05, 0) is 105 Å². The molecule has 1 heteroatoms. The molecule has 0 radical (unpaired) electrons. The van der Waals surface area contributed by atoms with Crippen molar-refractivity contribution in [1.29, 1.82) is 0 Å². The average Bonchev–Trinajstić information content (AvgIpc) is 3.84. The first-order valence-electron chi connectivity index (χ1n) is 19.5. The quantitative estimate of drug-likeness (QED) is 0.155. The highest BCUT2D eigenvalue weighted by Gasteiger charge is 2.47. The highest BCUT2D eigenvalue weighted by atomic mass is 15.1. The number of allylic oxidation sites excluding steroid dienone is 9. The van der Waals surface area contributed by atoms with Gasteiger partial charge in [-0.25, -0.2) is 0 Å². The van der Waals surface area contributed by atoms with Gasteiger partial charge in [0.2, 0.25) is 0 Å². The van der Waals surface area contributed by atoms with E-state index in [0.29, 0.717) is 0 Å². The number of fused-ring (bicyclic) bond motifs is 4. The lowest BCUT2D eigenvalue weighted by molar-refractivity contribution is 0.756. The second-order valence-corrected chi connectivity index (χ2v) is 13.7. The minimum atomic E-state index is -0.536. The Morgan fingerprint density at radius 1 is 0.600 bits per heavy atom. The largest absolute Gasteiger partial charge is 0.314 e. The summed E-state index contributed by atoms with van der Waals surface area (Å²) >= 11 is 0. The first-order valence-corrected chi connectivity index (χ1v) is 19.5. The topological polar surface area (TPSA) is 3.24 Å². The van der Waals surface area contributed by atoms with E-state index >= 15 is 0 Å². The lowest BCUT2D eigenvalue weighted by Crippen LogP contribution is -2.31. The SMILES string of the molecule is C=C1/C=C\C=C/Cc2c1cccc2C1(c2cccc(N(C3=CC=C(c4ccccc4)C3)c3ccccc3)c2)c2ccccc2-c2ccccc21.C=CC.CC. The Bertz CT molecular complexity index is 2390. The molecule has 6 aromatic carbocycles. The van der Waals surface area contributed by atoms with Crippen LogP contribution in [0.2, 0.25) is 0 Å². The Morgan fingerprint density at radius 3 is 1.85 bits per heavy atom. The predicted octanol–water partition coefficient (Wildman–Crippen LogP) is 14.5. The summed E-state index contributed by atoms with van der Waals surface area (Å²) in [6, 6.07) is 55.7. The number of benzene rings is 6. The van der Waals surface area contributed by atoms with Gasteiger partial charge < -0.3 is 4.90 Å². The third kappa shape index (κ3) is 6.79. The predicted molar refractivity (Wildman–Crippen MR) is 238 cm³/mol. The molecule has 0 N–H and O–H groups in total. The van der Waals surface area contributed by atoms with Gasteiger partial charge in [0.05, 0.1) is 5.41 Å². The van der Waals surface area contributed by atoms with E-state index in [2.05, 4.69) is 206 Å². The Balaban J connectivity index is 0.000000889. The Kier molecular flexibility index (Phi) is 11.2. The Labute approximate surface area is 328 Å². The van der Waals surface area contributed by atoms with Crippen LogP contribution in [0.15, 0.2) is 213 Å². The van der Waals surface area contributed by atoms with Crippen LogP contribution in [-0.4, -0.2) is 0 Å². The lowest BCUT2D eigenvalue weighted by atomic mass is 9.65. The van der Waals surface area contributed by atoms with Crippen LogP contribution < -0.4 is 4.90 Å². The maximum atomic E-state index is 4.51. The van der Waals surface area contributed by atoms with Crippen molar-refractivity contribution in [3.05, 3.63) is 252 Å². The van der Waals surface area contributed by atoms with Crippen LogP contribution in [0.1, 0.15) is 66.1 Å². The van der Waals surface area contributed by atoms with Crippen LogP contribution in [0.4, 0.5) is 11.4 Å². The van der Waals surface area contributed by atoms with Gasteiger partial charge in [0.1, 0.15) is 0 Å². The van der Waals surface area contributed by atoms with Gasteiger partial charge in [-0.1, -0.05) is 184 Å². The fourth-order valence-electron chi connectivity index (χ4n) is 8.43. The van der Waals surface area contributed by atoms with Crippen LogP contribution in [0.25, 0.3) is 22.3 Å². The van der Waals surface area contributed by atoms with Crippen molar-refractivity contribution in [3.8, 4) is 11.1 Å². The lowest BCUT2D eigenvalue weighted by Gasteiger charge is -2.37. The number of anilines is 2. The summed E-state index contributed by atoms with van der Waals surface area (Å²) in [5.41, 5.74) is 17.0. The van der Waals surface area contributed by atoms with Crippen molar-refractivity contribution in [1.82, 2.24) is 0 Å². The van der Waals surface area contributed by atoms with E-state index < -0.39 is 5.41 Å². The molecular formula is C54H49N. The zero-order valence-electron chi connectivity index (χ0n) is 32.3. The van der Waals surface area contributed by atoms with Gasteiger partial charge in [0.25, 0.3) is 0 Å². The van der Waals surface area contributed by atoms with Crippen LogP contribution in [0.5, 0.6) is 0 Å². The van der Waals surface area contributed by atoms with E-state index in [0.717, 1.165) is 29.8 Å². The molecule has 9 rings (SSSR count). The molecule has 0 saturated carbocycles. The molecule has 3 aliphatic rings. The number of hydrogen-bond donors (Lipinski definition) is 0. The second kappa shape index (κ2) is 16.7. The molecule has 55 heavy (non-hydrogen) atoms. The van der Waals surface area contributed by atoms with Crippen molar-refractivity contribution in [3.63, 3.8) is 0 Å². The van der Waals surface area contributed by atoms with E-state index in [9.17, 15) is 0 Å². The first kappa shape index (κ1) is 36.9. The van der Waals surface area contributed by atoms with Crippen molar-refractivity contribution >= 4 is 22.5 Å². The molecular weight excluding hydrogens is 663 g/mol. The van der Waals surface area contributed by atoms with Crippen molar-refractivity contribution in [2.75, 3.05) is 4.90 Å². The second-order valence-electron chi connectivity index (χ2n) is 13.7. The molecule has 0 bridgehead atoms. The molecule has 270 valence electrons. The Hall–Kier alpha value is -6.44. The number of nitrogens with zero attached hydrogens (tertiary/aromatic N) is 1. The molecule has 0 unspecified atom stereocenters. The van der Waals surface area contributed by atoms with Crippen LogP contribution in [-0.2, 0) is 11.8 Å². The van der Waals surface area contributed by atoms with Gasteiger partial charge in [-0.15, -0.1) is 6.58 Å². The maximum Gasteiger partial charge on any atom is 0.0717 e. The maximum absolute atomic E-state index is 4.51. The molecule has 0 aliphatic heterocycles. The summed E-state index contributed by atoms with van der Waals surface area (Å²) in [6.45, 7) is 13.8. The summed E-state index contributed by atoms with van der Waals surface area (Å²) in [4.78, 5) is 2.45. The molecule has 0 spiro atoms. The third-order valence-corrected chi connectivity index (χ3v) is 10.6. The molecule has 3 aliphatic carbocycles. The fourth-order valence-corrected chi connectivity index (χ4v) is 8.43. The van der Waals surface area contributed by atoms with E-state index in [-0.39, 0.29) is 0 Å². The molecule has 0 fully saturated rings. The average molecular weight is 712 g/mol. The molecule has 0 heterocycles. The van der Waals surface area contributed by atoms with E-state index in [1.807, 2.05) is 20.8 Å². The molecule has 0 aromatic heterocycles. The Morgan fingerprint density at radius 2 is 1.16 bits per heavy atom. The minimum absolute atomic E-state index is 0.536. The van der Waals surface area contributed by atoms with Crippen LogP contribution in [0.3, 0.4) is 0 Å². The number of rotatable bonds is 6. The summed E-state index contributed by atoms with van der Waals surface area (Å²) in [5.74, 6) is 0. The number of para-hydroxylation sites is 1. The van der Waals surface area contributed by atoms with Gasteiger partial charge in [0, 0.05) is 23.5 Å². The molecule has 0 atom stereocenters. The number of hydrogen-bond acceptors (Lipinski definition) is 1. The summed E-state index contributed by atoms with van der Waals surface area (Å²) in [7, 11) is 0. The molecule has 0 amide bonds. The van der Waals surface area contributed by atoms with Gasteiger partial charge in [-0.3, -0.25) is 0 Å². The van der Waals surface area contributed by atoms with Gasteiger partial charge in [0.15, 0.2) is 0 Å². The van der Waals surface area contributed by atoms with E-state index in [1.165, 1.54) is 61.3 Å². The summed E-state index contributed by atoms with van der Waals surface area (Å²) in [6.07, 6.45) is 16.7. The molecule has 1 nitrogen and oxygen atoms in total. The fraction of sp³-hybridized carbons (Fsp3) is 0.111.